The number of ether oxygens (including phenoxy) is 1. The quantitative estimate of drug-likeness (QED) is 0.194. The number of rotatable bonds is 7. The summed E-state index contributed by atoms with van der Waals surface area (Å²) in [6, 6.07) is 21.0. The van der Waals surface area contributed by atoms with Crippen molar-refractivity contribution >= 4 is 61.8 Å². The van der Waals surface area contributed by atoms with Gasteiger partial charge in [-0.15, -0.1) is 11.3 Å². The lowest BCUT2D eigenvalue weighted by Crippen LogP contribution is -1.97. The number of hydrogen-bond acceptors (Lipinski definition) is 5. The van der Waals surface area contributed by atoms with E-state index in [1.54, 1.807) is 18.3 Å². The number of halogens is 3. The Morgan fingerprint density at radius 1 is 1.00 bits per heavy atom. The minimum atomic E-state index is 0.304. The van der Waals surface area contributed by atoms with Gasteiger partial charge in [-0.25, -0.2) is 4.98 Å². The SMILES string of the molecule is Clc1cccc(Cl)c1COc1ccc(/C=N/Nc2nc(-c3ccc(Br)cc3)cs2)cc1. The van der Waals surface area contributed by atoms with Crippen molar-refractivity contribution < 1.29 is 4.74 Å². The zero-order chi connectivity index (χ0) is 21.6. The predicted molar refractivity (Wildman–Crippen MR) is 134 cm³/mol. The lowest BCUT2D eigenvalue weighted by Gasteiger charge is -2.09. The highest BCUT2D eigenvalue weighted by molar-refractivity contribution is 9.10. The molecular formula is C23H16BrCl2N3OS. The van der Waals surface area contributed by atoms with Crippen molar-refractivity contribution in [1.82, 2.24) is 4.98 Å². The van der Waals surface area contributed by atoms with Crippen molar-refractivity contribution in [1.29, 1.82) is 0 Å². The number of hydrogen-bond donors (Lipinski definition) is 1. The standard InChI is InChI=1S/C23H16BrCl2N3OS/c24-17-8-6-16(7-9-17)22-14-31-23(28-22)29-27-12-15-4-10-18(11-5-15)30-13-19-20(25)2-1-3-21(19)26/h1-12,14H,13H2,(H,28,29)/b27-12+. The largest absolute Gasteiger partial charge is 0.489 e. The second kappa shape index (κ2) is 10.3. The van der Waals surface area contributed by atoms with Gasteiger partial charge in [0.2, 0.25) is 5.13 Å². The third kappa shape index (κ3) is 5.86. The van der Waals surface area contributed by atoms with Gasteiger partial charge < -0.3 is 4.74 Å². The molecule has 0 aliphatic rings. The highest BCUT2D eigenvalue weighted by Gasteiger charge is 2.06. The number of nitrogens with zero attached hydrogens (tertiary/aromatic N) is 2. The molecule has 0 atom stereocenters. The molecule has 4 aromatic rings. The summed E-state index contributed by atoms with van der Waals surface area (Å²) >= 11 is 17.3. The van der Waals surface area contributed by atoms with Crippen molar-refractivity contribution in [2.24, 2.45) is 5.10 Å². The van der Waals surface area contributed by atoms with Gasteiger partial charge in [0, 0.05) is 31.0 Å². The molecule has 0 aliphatic carbocycles. The van der Waals surface area contributed by atoms with Gasteiger partial charge in [0.05, 0.1) is 11.9 Å². The minimum Gasteiger partial charge on any atom is -0.489 e. The second-order valence-electron chi connectivity index (χ2n) is 6.47. The van der Waals surface area contributed by atoms with Gasteiger partial charge in [-0.1, -0.05) is 57.3 Å². The molecule has 1 heterocycles. The number of aromatic nitrogens is 1. The lowest BCUT2D eigenvalue weighted by molar-refractivity contribution is 0.306. The Hall–Kier alpha value is -2.38. The van der Waals surface area contributed by atoms with Crippen LogP contribution >= 0.6 is 50.5 Å². The summed E-state index contributed by atoms with van der Waals surface area (Å²) in [5.74, 6) is 0.722. The van der Waals surface area contributed by atoms with Crippen LogP contribution < -0.4 is 10.2 Å². The molecule has 0 aliphatic heterocycles. The third-order valence-electron chi connectivity index (χ3n) is 4.34. The fourth-order valence-corrected chi connectivity index (χ4v) is 4.16. The molecule has 0 amide bonds. The lowest BCUT2D eigenvalue weighted by atomic mass is 10.2. The van der Waals surface area contributed by atoms with Gasteiger partial charge >= 0.3 is 0 Å². The molecule has 0 saturated heterocycles. The molecule has 0 radical (unpaired) electrons. The maximum atomic E-state index is 6.18. The average molecular weight is 533 g/mol. The van der Waals surface area contributed by atoms with E-state index in [0.29, 0.717) is 16.7 Å². The Labute approximate surface area is 202 Å². The van der Waals surface area contributed by atoms with E-state index in [9.17, 15) is 0 Å². The molecule has 31 heavy (non-hydrogen) atoms. The minimum absolute atomic E-state index is 0.304. The Balaban J connectivity index is 1.32. The Morgan fingerprint density at radius 3 is 2.42 bits per heavy atom. The third-order valence-corrected chi connectivity index (χ3v) is 6.33. The summed E-state index contributed by atoms with van der Waals surface area (Å²) < 4.78 is 6.83. The molecule has 0 spiro atoms. The maximum Gasteiger partial charge on any atom is 0.203 e. The van der Waals surface area contributed by atoms with E-state index in [4.69, 9.17) is 27.9 Å². The van der Waals surface area contributed by atoms with Gasteiger partial charge in [0.1, 0.15) is 12.4 Å². The predicted octanol–water partition coefficient (Wildman–Crippen LogP) is 7.90. The number of benzene rings is 3. The van der Waals surface area contributed by atoms with Crippen molar-refractivity contribution in [2.75, 3.05) is 5.43 Å². The molecule has 156 valence electrons. The molecule has 0 unspecified atom stereocenters. The van der Waals surface area contributed by atoms with Crippen LogP contribution in [0, 0.1) is 0 Å². The first-order chi connectivity index (χ1) is 15.1. The van der Waals surface area contributed by atoms with Crippen LogP contribution in [0.1, 0.15) is 11.1 Å². The second-order valence-corrected chi connectivity index (χ2v) is 9.06. The van der Waals surface area contributed by atoms with E-state index in [0.717, 1.165) is 37.7 Å². The summed E-state index contributed by atoms with van der Waals surface area (Å²) in [5, 5.41) is 8.18. The van der Waals surface area contributed by atoms with E-state index < -0.39 is 0 Å². The van der Waals surface area contributed by atoms with Crippen molar-refractivity contribution in [3.05, 3.63) is 97.8 Å². The molecular weight excluding hydrogens is 517 g/mol. The zero-order valence-corrected chi connectivity index (χ0v) is 20.0. The summed E-state index contributed by atoms with van der Waals surface area (Å²) in [6.45, 7) is 0.304. The number of nitrogens with one attached hydrogen (secondary N) is 1. The van der Waals surface area contributed by atoms with Gasteiger partial charge in [-0.2, -0.15) is 5.10 Å². The molecule has 1 aromatic heterocycles. The van der Waals surface area contributed by atoms with Gasteiger partial charge in [0.25, 0.3) is 0 Å². The highest BCUT2D eigenvalue weighted by Crippen LogP contribution is 2.27. The highest BCUT2D eigenvalue weighted by atomic mass is 79.9. The number of hydrazone groups is 1. The number of anilines is 1. The maximum absolute atomic E-state index is 6.18. The van der Waals surface area contributed by atoms with E-state index in [2.05, 4.69) is 31.4 Å². The molecule has 3 aromatic carbocycles. The molecule has 8 heteroatoms. The molecule has 4 rings (SSSR count). The first-order valence-corrected chi connectivity index (χ1v) is 11.7. The van der Waals surface area contributed by atoms with Crippen LogP contribution in [-0.4, -0.2) is 11.2 Å². The van der Waals surface area contributed by atoms with E-state index in [1.165, 1.54) is 11.3 Å². The molecule has 0 bridgehead atoms. The summed E-state index contributed by atoms with van der Waals surface area (Å²) in [6.07, 6.45) is 1.73. The summed E-state index contributed by atoms with van der Waals surface area (Å²) in [5.41, 5.74) is 6.65. The van der Waals surface area contributed by atoms with Crippen LogP contribution in [0.15, 0.2) is 81.7 Å². The summed E-state index contributed by atoms with van der Waals surface area (Å²) in [4.78, 5) is 4.56. The molecule has 1 N–H and O–H groups in total. The fraction of sp³-hybridized carbons (Fsp3) is 0.0435. The van der Waals surface area contributed by atoms with Crippen molar-refractivity contribution in [3.63, 3.8) is 0 Å². The van der Waals surface area contributed by atoms with E-state index in [-0.39, 0.29) is 0 Å². The molecule has 4 nitrogen and oxygen atoms in total. The Morgan fingerprint density at radius 2 is 1.71 bits per heavy atom. The molecule has 0 saturated carbocycles. The Kier molecular flexibility index (Phi) is 7.25. The van der Waals surface area contributed by atoms with Crippen molar-refractivity contribution in [2.45, 2.75) is 6.61 Å². The van der Waals surface area contributed by atoms with Gasteiger partial charge in [-0.05, 0) is 54.1 Å². The van der Waals surface area contributed by atoms with Crippen LogP contribution in [0.2, 0.25) is 10.0 Å². The smallest absolute Gasteiger partial charge is 0.203 e. The van der Waals surface area contributed by atoms with Crippen molar-refractivity contribution in [3.8, 4) is 17.0 Å². The van der Waals surface area contributed by atoms with Gasteiger partial charge in [-0.3, -0.25) is 5.43 Å². The summed E-state index contributed by atoms with van der Waals surface area (Å²) in [7, 11) is 0. The number of thiazole rings is 1. The fourth-order valence-electron chi connectivity index (χ4n) is 2.72. The first-order valence-electron chi connectivity index (χ1n) is 9.25. The van der Waals surface area contributed by atoms with E-state index >= 15 is 0 Å². The first kappa shape index (κ1) is 21.8. The Bertz CT molecular complexity index is 1170. The monoisotopic (exact) mass is 531 g/mol. The normalized spacial score (nSPS) is 11.1. The van der Waals surface area contributed by atoms with Crippen LogP contribution in [-0.2, 0) is 6.61 Å². The van der Waals surface area contributed by atoms with Crippen LogP contribution in [0.3, 0.4) is 0 Å². The van der Waals surface area contributed by atoms with Crippen LogP contribution in [0.4, 0.5) is 5.13 Å². The van der Waals surface area contributed by atoms with E-state index in [1.807, 2.05) is 60.0 Å². The molecule has 0 fully saturated rings. The average Bonchev–Trinajstić information content (AvgIpc) is 3.24. The topological polar surface area (TPSA) is 46.5 Å². The zero-order valence-electron chi connectivity index (χ0n) is 16.1. The van der Waals surface area contributed by atoms with Crippen LogP contribution in [0.25, 0.3) is 11.3 Å². The van der Waals surface area contributed by atoms with Gasteiger partial charge in [0.15, 0.2) is 0 Å². The van der Waals surface area contributed by atoms with Crippen LogP contribution in [0.5, 0.6) is 5.75 Å².